The first-order valence-corrected chi connectivity index (χ1v) is 13.9. The molecule has 0 unspecified atom stereocenters. The zero-order valence-electron chi connectivity index (χ0n) is 21.2. The number of likely N-dealkylation sites (tertiary alicyclic amines) is 1. The lowest BCUT2D eigenvalue weighted by atomic mass is 9.87. The lowest BCUT2D eigenvalue weighted by Gasteiger charge is -2.39. The highest BCUT2D eigenvalue weighted by molar-refractivity contribution is 7.18. The maximum Gasteiger partial charge on any atom is 0.317 e. The number of aromatic nitrogens is 1. The number of carbonyl (C=O) groups excluding carboxylic acids is 1. The molecule has 6 rings (SSSR count). The molecule has 190 valence electrons. The molecule has 0 radical (unpaired) electrons. The predicted octanol–water partition coefficient (Wildman–Crippen LogP) is 5.27. The molecule has 2 saturated heterocycles. The second-order valence-corrected chi connectivity index (χ2v) is 11.6. The van der Waals surface area contributed by atoms with E-state index in [0.717, 1.165) is 60.8 Å². The number of fused-ring (bicyclic) bond motifs is 1. The first kappa shape index (κ1) is 24.0. The molecule has 7 nitrogen and oxygen atoms in total. The summed E-state index contributed by atoms with van der Waals surface area (Å²) >= 11 is 1.62. The normalized spacial score (nSPS) is 22.1. The monoisotopic (exact) mass is 513 g/mol. The van der Waals surface area contributed by atoms with Crippen LogP contribution in [-0.2, 0) is 6.42 Å². The summed E-state index contributed by atoms with van der Waals surface area (Å²) in [6.07, 6.45) is 5.96. The highest BCUT2D eigenvalue weighted by Gasteiger charge is 2.44. The molecule has 3 heterocycles. The molecule has 1 aromatic heterocycles. The number of carbonyl (C=O) groups is 1. The van der Waals surface area contributed by atoms with Gasteiger partial charge in [-0.1, -0.05) is 18.2 Å². The van der Waals surface area contributed by atoms with E-state index in [2.05, 4.69) is 39.9 Å². The van der Waals surface area contributed by atoms with Crippen molar-refractivity contribution in [3.8, 4) is 32.8 Å². The second kappa shape index (κ2) is 9.47. The van der Waals surface area contributed by atoms with Crippen LogP contribution < -0.4 is 15.4 Å². The lowest BCUT2D eigenvalue weighted by molar-refractivity contribution is 0.183. The van der Waals surface area contributed by atoms with Crippen LogP contribution in [0.1, 0.15) is 55.8 Å². The Labute approximate surface area is 221 Å². The van der Waals surface area contributed by atoms with E-state index in [4.69, 9.17) is 4.74 Å². The lowest BCUT2D eigenvalue weighted by Crippen LogP contribution is -2.59. The van der Waals surface area contributed by atoms with Gasteiger partial charge in [-0.15, -0.1) is 11.3 Å². The molecule has 2 aliphatic heterocycles. The minimum Gasteiger partial charge on any atom is -0.490 e. The molecule has 2 amide bonds. The number of urea groups is 1. The van der Waals surface area contributed by atoms with Gasteiger partial charge in [0.25, 0.3) is 0 Å². The first-order chi connectivity index (χ1) is 17.9. The van der Waals surface area contributed by atoms with Crippen LogP contribution in [0.5, 0.6) is 5.75 Å². The molecule has 3 aliphatic rings. The number of ether oxygens (including phenoxy) is 1. The van der Waals surface area contributed by atoms with E-state index >= 15 is 0 Å². The van der Waals surface area contributed by atoms with E-state index < -0.39 is 0 Å². The highest BCUT2D eigenvalue weighted by atomic mass is 32.1. The van der Waals surface area contributed by atoms with Crippen molar-refractivity contribution in [2.45, 2.75) is 57.2 Å². The van der Waals surface area contributed by atoms with Crippen LogP contribution in [0.4, 0.5) is 4.79 Å². The van der Waals surface area contributed by atoms with Crippen molar-refractivity contribution in [3.63, 3.8) is 0 Å². The Kier molecular flexibility index (Phi) is 6.13. The van der Waals surface area contributed by atoms with Gasteiger partial charge in [0.1, 0.15) is 16.8 Å². The summed E-state index contributed by atoms with van der Waals surface area (Å²) < 4.78 is 5.77. The molecule has 2 fully saturated rings. The molecule has 0 bridgehead atoms. The Morgan fingerprint density at radius 1 is 1.32 bits per heavy atom. The van der Waals surface area contributed by atoms with Gasteiger partial charge in [0, 0.05) is 30.4 Å². The minimum absolute atomic E-state index is 0.00458. The number of nitriles is 1. The number of nitrogens with one attached hydrogen (secondary N) is 2. The van der Waals surface area contributed by atoms with Crippen molar-refractivity contribution in [3.05, 3.63) is 59.3 Å². The Hall–Kier alpha value is -3.41. The Morgan fingerprint density at radius 3 is 2.92 bits per heavy atom. The summed E-state index contributed by atoms with van der Waals surface area (Å²) in [7, 11) is 0. The van der Waals surface area contributed by atoms with Crippen LogP contribution in [0.25, 0.3) is 21.0 Å². The van der Waals surface area contributed by atoms with E-state index in [0.29, 0.717) is 11.3 Å². The van der Waals surface area contributed by atoms with Gasteiger partial charge in [-0.2, -0.15) is 5.26 Å². The van der Waals surface area contributed by atoms with Gasteiger partial charge in [0.15, 0.2) is 0 Å². The van der Waals surface area contributed by atoms with Crippen LogP contribution in [0.3, 0.4) is 0 Å². The summed E-state index contributed by atoms with van der Waals surface area (Å²) in [4.78, 5) is 20.8. The van der Waals surface area contributed by atoms with E-state index in [9.17, 15) is 10.1 Å². The fourth-order valence-corrected chi connectivity index (χ4v) is 6.75. The number of benzene rings is 2. The summed E-state index contributed by atoms with van der Waals surface area (Å²) in [6, 6.07) is 14.4. The Bertz CT molecular complexity index is 1390. The fraction of sp³-hybridized carbons (Fsp3) is 0.414. The smallest absolute Gasteiger partial charge is 0.317 e. The molecule has 1 spiro atoms. The molecule has 37 heavy (non-hydrogen) atoms. The fourth-order valence-electron chi connectivity index (χ4n) is 5.79. The van der Waals surface area contributed by atoms with Crippen LogP contribution >= 0.6 is 11.3 Å². The first-order valence-electron chi connectivity index (χ1n) is 13.0. The van der Waals surface area contributed by atoms with Gasteiger partial charge in [-0.05, 0) is 81.0 Å². The Balaban J connectivity index is 1.20. The molecule has 2 atom stereocenters. The number of hydrogen-bond donors (Lipinski definition) is 2. The van der Waals surface area contributed by atoms with Gasteiger partial charge in [0.2, 0.25) is 0 Å². The average Bonchev–Trinajstić information content (AvgIpc) is 3.62. The van der Waals surface area contributed by atoms with Crippen molar-refractivity contribution < 1.29 is 9.53 Å². The molecule has 1 aliphatic carbocycles. The zero-order valence-corrected chi connectivity index (χ0v) is 22.0. The topological polar surface area (TPSA) is 90.3 Å². The third-order valence-electron chi connectivity index (χ3n) is 7.79. The SMILES string of the molecule is CC(C)Oc1ccc(-c2ncc(-c3cccc4c3CC[C@@H]4NC(=O)N3CC[C@@]4(CCN4)C3)s2)cc1C#N. The molecule has 8 heteroatoms. The highest BCUT2D eigenvalue weighted by Crippen LogP contribution is 2.41. The van der Waals surface area contributed by atoms with Gasteiger partial charge in [0.05, 0.1) is 22.6 Å². The van der Waals surface area contributed by atoms with E-state index in [-0.39, 0.29) is 23.7 Å². The van der Waals surface area contributed by atoms with Crippen molar-refractivity contribution in [1.82, 2.24) is 20.5 Å². The largest absolute Gasteiger partial charge is 0.490 e. The van der Waals surface area contributed by atoms with Crippen LogP contribution in [0.15, 0.2) is 42.6 Å². The summed E-state index contributed by atoms with van der Waals surface area (Å²) in [6.45, 7) is 6.58. The maximum atomic E-state index is 13.0. The molecule has 3 aromatic rings. The summed E-state index contributed by atoms with van der Waals surface area (Å²) in [5, 5.41) is 17.3. The predicted molar refractivity (Wildman–Crippen MR) is 145 cm³/mol. The van der Waals surface area contributed by atoms with Crippen molar-refractivity contribution in [2.24, 2.45) is 0 Å². The quantitative estimate of drug-likeness (QED) is 0.485. The zero-order chi connectivity index (χ0) is 25.6. The number of hydrogen-bond acceptors (Lipinski definition) is 6. The minimum atomic E-state index is 0.00458. The van der Waals surface area contributed by atoms with Crippen molar-refractivity contribution in [1.29, 1.82) is 5.26 Å². The number of amides is 2. The molecule has 2 aromatic carbocycles. The third kappa shape index (κ3) is 4.47. The molecule has 2 N–H and O–H groups in total. The van der Waals surface area contributed by atoms with Gasteiger partial charge < -0.3 is 20.3 Å². The van der Waals surface area contributed by atoms with Crippen LogP contribution in [0, 0.1) is 11.3 Å². The van der Waals surface area contributed by atoms with Crippen molar-refractivity contribution in [2.75, 3.05) is 19.6 Å². The Morgan fingerprint density at radius 2 is 2.19 bits per heavy atom. The number of rotatable bonds is 5. The van der Waals surface area contributed by atoms with Crippen LogP contribution in [-0.4, -0.2) is 47.2 Å². The average molecular weight is 514 g/mol. The van der Waals surface area contributed by atoms with E-state index in [1.165, 1.54) is 16.7 Å². The molecular weight excluding hydrogens is 482 g/mol. The van der Waals surface area contributed by atoms with Crippen molar-refractivity contribution >= 4 is 17.4 Å². The van der Waals surface area contributed by atoms with E-state index in [1.54, 1.807) is 11.3 Å². The van der Waals surface area contributed by atoms with Gasteiger partial charge in [-0.25, -0.2) is 9.78 Å². The van der Waals surface area contributed by atoms with E-state index in [1.807, 2.05) is 43.1 Å². The standard InChI is InChI=1S/C29H31N5O2S/c1-18(2)36-25-9-6-19(14-20(25)15-30)27-31-16-26(37-27)23-5-3-4-22-21(23)7-8-24(22)33-28(35)34-13-11-29(17-34)10-12-32-29/h3-6,9,14,16,18,24,32H,7-8,10-13,17H2,1-2H3,(H,33,35)/t24-,29-/m0/s1. The van der Waals surface area contributed by atoms with Crippen LogP contribution in [0.2, 0.25) is 0 Å². The maximum absolute atomic E-state index is 13.0. The number of thiazole rings is 1. The number of nitrogens with zero attached hydrogens (tertiary/aromatic N) is 3. The summed E-state index contributed by atoms with van der Waals surface area (Å²) in [5.74, 6) is 0.597. The molecular formula is C29H31N5O2S. The van der Waals surface area contributed by atoms with Gasteiger partial charge >= 0.3 is 6.03 Å². The summed E-state index contributed by atoms with van der Waals surface area (Å²) in [5.41, 5.74) is 5.26. The molecule has 0 saturated carbocycles. The second-order valence-electron chi connectivity index (χ2n) is 10.6. The van der Waals surface area contributed by atoms with Gasteiger partial charge in [-0.3, -0.25) is 0 Å². The third-order valence-corrected chi connectivity index (χ3v) is 8.87.